The van der Waals surface area contributed by atoms with Gasteiger partial charge in [-0.25, -0.2) is 0 Å². The van der Waals surface area contributed by atoms with Crippen molar-refractivity contribution in [2.45, 2.75) is 19.9 Å². The molecule has 0 spiro atoms. The Hall–Kier alpha value is -1.78. The average molecular weight is 209 g/mol. The lowest BCUT2D eigenvalue weighted by atomic mass is 10.2. The van der Waals surface area contributed by atoms with Crippen LogP contribution in [0.4, 0.5) is 5.69 Å². The first-order chi connectivity index (χ1) is 6.99. The summed E-state index contributed by atoms with van der Waals surface area (Å²) in [7, 11) is 1.53. The molecule has 1 unspecified atom stereocenters. The molecule has 0 aliphatic heterocycles. The Morgan fingerprint density at radius 2 is 2.13 bits per heavy atom. The molecule has 0 aliphatic rings. The Morgan fingerprint density at radius 1 is 1.53 bits per heavy atom. The number of pyridine rings is 1. The van der Waals surface area contributed by atoms with E-state index in [0.717, 1.165) is 0 Å². The molecule has 1 heterocycles. The SMILES string of the molecule is CNC(=O)C(C)n1c(C)ccc(N)c1=O. The molecule has 1 amide bonds. The lowest BCUT2D eigenvalue weighted by molar-refractivity contribution is -0.123. The number of nitrogen functional groups attached to an aromatic ring is 1. The summed E-state index contributed by atoms with van der Waals surface area (Å²) in [5, 5.41) is 2.50. The smallest absolute Gasteiger partial charge is 0.274 e. The highest BCUT2D eigenvalue weighted by Crippen LogP contribution is 2.08. The minimum atomic E-state index is -0.550. The average Bonchev–Trinajstić information content (AvgIpc) is 2.22. The van der Waals surface area contributed by atoms with E-state index >= 15 is 0 Å². The molecule has 0 radical (unpaired) electrons. The highest BCUT2D eigenvalue weighted by atomic mass is 16.2. The number of amides is 1. The van der Waals surface area contributed by atoms with Crippen molar-refractivity contribution < 1.29 is 4.79 Å². The third kappa shape index (κ3) is 2.01. The summed E-state index contributed by atoms with van der Waals surface area (Å²) in [6, 6.07) is 2.71. The summed E-state index contributed by atoms with van der Waals surface area (Å²) in [5.41, 5.74) is 6.04. The van der Waals surface area contributed by atoms with Crippen molar-refractivity contribution in [3.63, 3.8) is 0 Å². The molecule has 0 saturated heterocycles. The van der Waals surface area contributed by atoms with Crippen LogP contribution in [0.5, 0.6) is 0 Å². The van der Waals surface area contributed by atoms with E-state index in [1.807, 2.05) is 0 Å². The molecule has 0 aromatic carbocycles. The minimum absolute atomic E-state index is 0.149. The number of hydrogen-bond donors (Lipinski definition) is 2. The van der Waals surface area contributed by atoms with Crippen LogP contribution in [0.15, 0.2) is 16.9 Å². The molecule has 82 valence electrons. The van der Waals surface area contributed by atoms with Crippen molar-refractivity contribution in [1.29, 1.82) is 0 Å². The van der Waals surface area contributed by atoms with Gasteiger partial charge in [0.2, 0.25) is 5.91 Å². The number of aromatic nitrogens is 1. The topological polar surface area (TPSA) is 77.1 Å². The molecule has 1 aromatic rings. The van der Waals surface area contributed by atoms with Crippen LogP contribution in [0.1, 0.15) is 18.7 Å². The maximum Gasteiger partial charge on any atom is 0.274 e. The van der Waals surface area contributed by atoms with Gasteiger partial charge in [-0.15, -0.1) is 0 Å². The van der Waals surface area contributed by atoms with E-state index in [9.17, 15) is 9.59 Å². The fourth-order valence-corrected chi connectivity index (χ4v) is 1.47. The number of nitrogens with two attached hydrogens (primary N) is 1. The van der Waals surface area contributed by atoms with Gasteiger partial charge in [-0.2, -0.15) is 0 Å². The second kappa shape index (κ2) is 4.16. The number of nitrogens with one attached hydrogen (secondary N) is 1. The number of rotatable bonds is 2. The second-order valence-corrected chi connectivity index (χ2v) is 3.40. The molecule has 0 aliphatic carbocycles. The summed E-state index contributed by atoms with van der Waals surface area (Å²) in [6.45, 7) is 3.42. The van der Waals surface area contributed by atoms with Crippen LogP contribution in [0.2, 0.25) is 0 Å². The van der Waals surface area contributed by atoms with Gasteiger partial charge in [0.25, 0.3) is 5.56 Å². The van der Waals surface area contributed by atoms with E-state index in [4.69, 9.17) is 5.73 Å². The van der Waals surface area contributed by atoms with Crippen molar-refractivity contribution in [1.82, 2.24) is 9.88 Å². The van der Waals surface area contributed by atoms with Gasteiger partial charge in [0.15, 0.2) is 0 Å². The summed E-state index contributed by atoms with van der Waals surface area (Å²) < 4.78 is 1.38. The largest absolute Gasteiger partial charge is 0.394 e. The van der Waals surface area contributed by atoms with Crippen LogP contribution in [-0.2, 0) is 4.79 Å². The summed E-state index contributed by atoms with van der Waals surface area (Å²) in [4.78, 5) is 23.1. The quantitative estimate of drug-likeness (QED) is 0.722. The second-order valence-electron chi connectivity index (χ2n) is 3.40. The number of hydrogen-bond acceptors (Lipinski definition) is 3. The van der Waals surface area contributed by atoms with Gasteiger partial charge in [-0.05, 0) is 26.0 Å². The van der Waals surface area contributed by atoms with Crippen LogP contribution in [-0.4, -0.2) is 17.5 Å². The molecule has 5 heteroatoms. The number of likely N-dealkylation sites (N-methyl/N-ethyl adjacent to an activating group) is 1. The first-order valence-electron chi connectivity index (χ1n) is 4.68. The van der Waals surface area contributed by atoms with E-state index < -0.39 is 6.04 Å². The van der Waals surface area contributed by atoms with Crippen LogP contribution in [0.25, 0.3) is 0 Å². The van der Waals surface area contributed by atoms with E-state index in [1.165, 1.54) is 11.6 Å². The van der Waals surface area contributed by atoms with Gasteiger partial charge in [0.05, 0.1) is 5.69 Å². The Labute approximate surface area is 87.9 Å². The zero-order chi connectivity index (χ0) is 11.6. The Balaban J connectivity index is 3.30. The van der Waals surface area contributed by atoms with Crippen LogP contribution in [0, 0.1) is 6.92 Å². The number of aryl methyl sites for hydroxylation is 1. The van der Waals surface area contributed by atoms with Crippen molar-refractivity contribution in [2.75, 3.05) is 12.8 Å². The van der Waals surface area contributed by atoms with Crippen LogP contribution in [0.3, 0.4) is 0 Å². The Morgan fingerprint density at radius 3 is 2.67 bits per heavy atom. The molecule has 1 rings (SSSR count). The third-order valence-corrected chi connectivity index (χ3v) is 2.36. The third-order valence-electron chi connectivity index (χ3n) is 2.36. The van der Waals surface area contributed by atoms with Gasteiger partial charge in [-0.1, -0.05) is 0 Å². The van der Waals surface area contributed by atoms with E-state index in [-0.39, 0.29) is 17.2 Å². The molecule has 1 atom stereocenters. The van der Waals surface area contributed by atoms with Gasteiger partial charge < -0.3 is 11.1 Å². The summed E-state index contributed by atoms with van der Waals surface area (Å²) >= 11 is 0. The lowest BCUT2D eigenvalue weighted by Crippen LogP contribution is -2.35. The highest BCUT2D eigenvalue weighted by molar-refractivity contribution is 5.79. The fourth-order valence-electron chi connectivity index (χ4n) is 1.47. The first-order valence-corrected chi connectivity index (χ1v) is 4.68. The summed E-state index contributed by atoms with van der Waals surface area (Å²) in [5.74, 6) is -0.217. The lowest BCUT2D eigenvalue weighted by Gasteiger charge is -2.16. The molecule has 15 heavy (non-hydrogen) atoms. The van der Waals surface area contributed by atoms with Crippen molar-refractivity contribution in [2.24, 2.45) is 0 Å². The molecule has 0 saturated carbocycles. The van der Waals surface area contributed by atoms with Crippen LogP contribution < -0.4 is 16.6 Å². The fraction of sp³-hybridized carbons (Fsp3) is 0.400. The van der Waals surface area contributed by atoms with Gasteiger partial charge >= 0.3 is 0 Å². The Kier molecular flexibility index (Phi) is 3.14. The monoisotopic (exact) mass is 209 g/mol. The van der Waals surface area contributed by atoms with Crippen molar-refractivity contribution >= 4 is 11.6 Å². The number of anilines is 1. The standard InChI is InChI=1S/C10H15N3O2/c1-6-4-5-8(11)10(15)13(6)7(2)9(14)12-3/h4-5,7H,11H2,1-3H3,(H,12,14). The van der Waals surface area contributed by atoms with Crippen molar-refractivity contribution in [3.8, 4) is 0 Å². The van der Waals surface area contributed by atoms with E-state index in [2.05, 4.69) is 5.32 Å². The maximum absolute atomic E-state index is 11.7. The highest BCUT2D eigenvalue weighted by Gasteiger charge is 2.16. The van der Waals surface area contributed by atoms with Gasteiger partial charge in [-0.3, -0.25) is 14.2 Å². The summed E-state index contributed by atoms with van der Waals surface area (Å²) in [6.07, 6.45) is 0. The number of nitrogens with zero attached hydrogens (tertiary/aromatic N) is 1. The molecule has 1 aromatic heterocycles. The predicted molar refractivity (Wildman–Crippen MR) is 58.6 cm³/mol. The maximum atomic E-state index is 11.7. The Bertz CT molecular complexity index is 437. The zero-order valence-corrected chi connectivity index (χ0v) is 9.07. The van der Waals surface area contributed by atoms with Gasteiger partial charge in [0, 0.05) is 12.7 Å². The van der Waals surface area contributed by atoms with E-state index in [1.54, 1.807) is 26.0 Å². The normalized spacial score (nSPS) is 12.2. The van der Waals surface area contributed by atoms with Crippen molar-refractivity contribution in [3.05, 3.63) is 28.2 Å². The molecule has 0 fully saturated rings. The number of carbonyl (C=O) groups excluding carboxylic acids is 1. The predicted octanol–water partition coefficient (Wildman–Crippen LogP) is 0.0459. The zero-order valence-electron chi connectivity index (χ0n) is 9.07. The van der Waals surface area contributed by atoms with Gasteiger partial charge in [0.1, 0.15) is 6.04 Å². The van der Waals surface area contributed by atoms with E-state index in [0.29, 0.717) is 5.69 Å². The molecule has 0 bridgehead atoms. The molecular formula is C10H15N3O2. The number of carbonyl (C=O) groups is 1. The molecule has 5 nitrogen and oxygen atoms in total. The van der Waals surface area contributed by atoms with Crippen LogP contribution >= 0.6 is 0 Å². The first kappa shape index (κ1) is 11.3. The minimum Gasteiger partial charge on any atom is -0.394 e. The molecular weight excluding hydrogens is 194 g/mol. The molecule has 3 N–H and O–H groups in total.